The smallest absolute Gasteiger partial charge is 0.224 e. The van der Waals surface area contributed by atoms with Crippen molar-refractivity contribution in [1.82, 2.24) is 15.1 Å². The van der Waals surface area contributed by atoms with Crippen LogP contribution in [0.15, 0.2) is 54.6 Å². The van der Waals surface area contributed by atoms with E-state index in [4.69, 9.17) is 4.74 Å². The average molecular weight is 349 g/mol. The highest BCUT2D eigenvalue weighted by molar-refractivity contribution is 5.79. The first-order valence-electron chi connectivity index (χ1n) is 8.58. The van der Waals surface area contributed by atoms with Crippen molar-refractivity contribution in [3.05, 3.63) is 77.1 Å². The fraction of sp³-hybridized carbons (Fsp3) is 0.238. The second-order valence-electron chi connectivity index (χ2n) is 6.20. The molecule has 0 aliphatic heterocycles. The number of aryl methyl sites for hydroxylation is 1. The Morgan fingerprint density at radius 3 is 2.62 bits per heavy atom. The number of nitrogens with zero attached hydrogens (tertiary/aromatic N) is 2. The molecule has 0 bridgehead atoms. The summed E-state index contributed by atoms with van der Waals surface area (Å²) >= 11 is 0. The summed E-state index contributed by atoms with van der Waals surface area (Å²) in [5.41, 5.74) is 4.84. The Morgan fingerprint density at radius 1 is 1.12 bits per heavy atom. The van der Waals surface area contributed by atoms with Gasteiger partial charge in [-0.15, -0.1) is 0 Å². The molecule has 0 aliphatic carbocycles. The summed E-state index contributed by atoms with van der Waals surface area (Å²) in [5.74, 6) is 0.763. The lowest BCUT2D eigenvalue weighted by atomic mass is 10.1. The van der Waals surface area contributed by atoms with Crippen LogP contribution in [0.3, 0.4) is 0 Å². The topological polar surface area (TPSA) is 56.1 Å². The van der Waals surface area contributed by atoms with Crippen molar-refractivity contribution in [3.8, 4) is 11.4 Å². The van der Waals surface area contributed by atoms with Gasteiger partial charge in [-0.2, -0.15) is 5.10 Å². The molecule has 0 radical (unpaired) electrons. The summed E-state index contributed by atoms with van der Waals surface area (Å²) in [5, 5.41) is 7.57. The molecular weight excluding hydrogens is 326 g/mol. The Morgan fingerprint density at radius 2 is 1.88 bits per heavy atom. The van der Waals surface area contributed by atoms with Crippen LogP contribution in [-0.4, -0.2) is 22.8 Å². The molecule has 0 aliphatic rings. The van der Waals surface area contributed by atoms with Crippen molar-refractivity contribution in [2.45, 2.75) is 26.8 Å². The molecule has 5 heteroatoms. The van der Waals surface area contributed by atoms with Gasteiger partial charge in [0, 0.05) is 17.8 Å². The van der Waals surface area contributed by atoms with E-state index in [9.17, 15) is 4.79 Å². The lowest BCUT2D eigenvalue weighted by Gasteiger charge is -2.08. The number of hydrogen-bond donors (Lipinski definition) is 1. The molecule has 1 N–H and O–H groups in total. The van der Waals surface area contributed by atoms with Crippen molar-refractivity contribution < 1.29 is 9.53 Å². The third kappa shape index (κ3) is 3.94. The molecule has 1 heterocycles. The maximum Gasteiger partial charge on any atom is 0.224 e. The molecular formula is C21H23N3O2. The molecule has 0 saturated carbocycles. The molecule has 1 amide bonds. The highest BCUT2D eigenvalue weighted by atomic mass is 16.5. The van der Waals surface area contributed by atoms with E-state index < -0.39 is 0 Å². The number of carbonyl (C=O) groups excluding carboxylic acids is 1. The van der Waals surface area contributed by atoms with Crippen LogP contribution in [0.2, 0.25) is 0 Å². The normalized spacial score (nSPS) is 10.6. The zero-order chi connectivity index (χ0) is 18.5. The number of rotatable bonds is 6. The van der Waals surface area contributed by atoms with Crippen LogP contribution in [0.1, 0.15) is 22.5 Å². The molecule has 3 aromatic rings. The lowest BCUT2D eigenvalue weighted by Crippen LogP contribution is -2.25. The molecule has 26 heavy (non-hydrogen) atoms. The summed E-state index contributed by atoms with van der Waals surface area (Å²) < 4.78 is 7.10. The summed E-state index contributed by atoms with van der Waals surface area (Å²) in [6.45, 7) is 4.41. The minimum Gasteiger partial charge on any atom is -0.497 e. The Kier molecular flexibility index (Phi) is 5.37. The van der Waals surface area contributed by atoms with Gasteiger partial charge in [-0.05, 0) is 43.7 Å². The fourth-order valence-electron chi connectivity index (χ4n) is 2.96. The standard InChI is InChI=1S/C21H23N3O2/c1-15-20(16(2)24(23-15)18-9-5-4-6-10-18)13-21(25)22-14-17-8-7-11-19(12-17)26-3/h4-12H,13-14H2,1-3H3,(H,22,25). The Labute approximate surface area is 153 Å². The summed E-state index contributed by atoms with van der Waals surface area (Å²) in [6.07, 6.45) is 0.314. The number of methoxy groups -OCH3 is 1. The minimum atomic E-state index is -0.0216. The minimum absolute atomic E-state index is 0.0216. The van der Waals surface area contributed by atoms with Crippen LogP contribution in [0.25, 0.3) is 5.69 Å². The number of aromatic nitrogens is 2. The van der Waals surface area contributed by atoms with Gasteiger partial charge >= 0.3 is 0 Å². The van der Waals surface area contributed by atoms with Crippen molar-refractivity contribution in [2.24, 2.45) is 0 Å². The van der Waals surface area contributed by atoms with Crippen LogP contribution < -0.4 is 10.1 Å². The Hall–Kier alpha value is -3.08. The van der Waals surface area contributed by atoms with E-state index in [0.29, 0.717) is 13.0 Å². The third-order valence-corrected chi connectivity index (χ3v) is 4.40. The number of nitrogens with one attached hydrogen (secondary N) is 1. The fourth-order valence-corrected chi connectivity index (χ4v) is 2.96. The van der Waals surface area contributed by atoms with Crippen LogP contribution in [0.4, 0.5) is 0 Å². The monoisotopic (exact) mass is 349 g/mol. The van der Waals surface area contributed by atoms with E-state index in [1.54, 1.807) is 7.11 Å². The van der Waals surface area contributed by atoms with Crippen LogP contribution in [0.5, 0.6) is 5.75 Å². The predicted molar refractivity (Wildman–Crippen MR) is 102 cm³/mol. The van der Waals surface area contributed by atoms with E-state index in [0.717, 1.165) is 34.0 Å². The first kappa shape index (κ1) is 17.7. The van der Waals surface area contributed by atoms with Gasteiger partial charge in [0.2, 0.25) is 5.91 Å². The van der Waals surface area contributed by atoms with E-state index in [2.05, 4.69) is 10.4 Å². The van der Waals surface area contributed by atoms with Gasteiger partial charge in [-0.25, -0.2) is 4.68 Å². The highest BCUT2D eigenvalue weighted by Gasteiger charge is 2.15. The first-order valence-corrected chi connectivity index (χ1v) is 8.58. The van der Waals surface area contributed by atoms with Gasteiger partial charge in [0.05, 0.1) is 24.9 Å². The molecule has 0 atom stereocenters. The van der Waals surface area contributed by atoms with Gasteiger partial charge in [-0.3, -0.25) is 4.79 Å². The van der Waals surface area contributed by atoms with Gasteiger partial charge in [0.15, 0.2) is 0 Å². The molecule has 1 aromatic heterocycles. The molecule has 2 aromatic carbocycles. The number of para-hydroxylation sites is 1. The van der Waals surface area contributed by atoms with Crippen LogP contribution in [0, 0.1) is 13.8 Å². The number of ether oxygens (including phenoxy) is 1. The maximum absolute atomic E-state index is 12.4. The molecule has 3 rings (SSSR count). The van der Waals surface area contributed by atoms with Crippen molar-refractivity contribution in [1.29, 1.82) is 0 Å². The van der Waals surface area contributed by atoms with Gasteiger partial charge < -0.3 is 10.1 Å². The van der Waals surface area contributed by atoms with Gasteiger partial charge in [0.25, 0.3) is 0 Å². The Bertz CT molecular complexity index is 901. The van der Waals surface area contributed by atoms with E-state index in [-0.39, 0.29) is 5.91 Å². The average Bonchev–Trinajstić information content (AvgIpc) is 2.95. The van der Waals surface area contributed by atoms with Crippen molar-refractivity contribution >= 4 is 5.91 Å². The van der Waals surface area contributed by atoms with Gasteiger partial charge in [0.1, 0.15) is 5.75 Å². The summed E-state index contributed by atoms with van der Waals surface area (Å²) in [6, 6.07) is 17.6. The maximum atomic E-state index is 12.4. The van der Waals surface area contributed by atoms with Crippen LogP contribution in [-0.2, 0) is 17.8 Å². The second kappa shape index (κ2) is 7.87. The van der Waals surface area contributed by atoms with E-state index in [1.165, 1.54) is 0 Å². The third-order valence-electron chi connectivity index (χ3n) is 4.40. The number of amides is 1. The lowest BCUT2D eigenvalue weighted by molar-refractivity contribution is -0.120. The van der Waals surface area contributed by atoms with Gasteiger partial charge in [-0.1, -0.05) is 30.3 Å². The van der Waals surface area contributed by atoms with E-state index in [1.807, 2.05) is 73.1 Å². The molecule has 0 spiro atoms. The number of hydrogen-bond acceptors (Lipinski definition) is 3. The summed E-state index contributed by atoms with van der Waals surface area (Å²) in [4.78, 5) is 12.4. The SMILES string of the molecule is COc1cccc(CNC(=O)Cc2c(C)nn(-c3ccccc3)c2C)c1. The zero-order valence-electron chi connectivity index (χ0n) is 15.3. The highest BCUT2D eigenvalue weighted by Crippen LogP contribution is 2.18. The number of carbonyl (C=O) groups is 1. The molecule has 0 unspecified atom stereocenters. The zero-order valence-corrected chi connectivity index (χ0v) is 15.3. The van der Waals surface area contributed by atoms with Crippen molar-refractivity contribution in [2.75, 3.05) is 7.11 Å². The number of benzene rings is 2. The Balaban J connectivity index is 1.69. The first-order chi connectivity index (χ1) is 12.6. The van der Waals surface area contributed by atoms with E-state index >= 15 is 0 Å². The molecule has 0 fully saturated rings. The quantitative estimate of drug-likeness (QED) is 0.742. The predicted octanol–water partition coefficient (Wildman–Crippen LogP) is 3.36. The molecule has 0 saturated heterocycles. The second-order valence-corrected chi connectivity index (χ2v) is 6.20. The largest absolute Gasteiger partial charge is 0.497 e. The molecule has 134 valence electrons. The summed E-state index contributed by atoms with van der Waals surface area (Å²) in [7, 11) is 1.63. The van der Waals surface area contributed by atoms with Crippen LogP contribution >= 0.6 is 0 Å². The molecule has 5 nitrogen and oxygen atoms in total. The van der Waals surface area contributed by atoms with Crippen molar-refractivity contribution in [3.63, 3.8) is 0 Å².